The van der Waals surface area contributed by atoms with Crippen LogP contribution in [0.5, 0.6) is 11.5 Å². The van der Waals surface area contributed by atoms with Gasteiger partial charge in [-0.1, -0.05) is 0 Å². The number of benzene rings is 2. The Balaban J connectivity index is 2.54. The van der Waals surface area contributed by atoms with Crippen molar-refractivity contribution in [3.05, 3.63) is 47.5 Å². The van der Waals surface area contributed by atoms with E-state index in [9.17, 15) is 18.0 Å². The van der Waals surface area contributed by atoms with Crippen LogP contribution >= 0.6 is 0 Å². The smallest absolute Gasteiger partial charge is 0.337 e. The van der Waals surface area contributed by atoms with Crippen molar-refractivity contribution in [1.29, 1.82) is 0 Å². The molecule has 0 heterocycles. The lowest BCUT2D eigenvalue weighted by atomic mass is 10.1. The highest BCUT2D eigenvalue weighted by Gasteiger charge is 2.22. The van der Waals surface area contributed by atoms with E-state index in [0.717, 1.165) is 14.2 Å². The molecule has 150 valence electrons. The number of methoxy groups -OCH3 is 4. The van der Waals surface area contributed by atoms with Gasteiger partial charge >= 0.3 is 11.9 Å². The summed E-state index contributed by atoms with van der Waals surface area (Å²) < 4.78 is 47.5. The number of nitrogens with one attached hydrogen (secondary N) is 1. The van der Waals surface area contributed by atoms with E-state index in [0.29, 0.717) is 5.75 Å². The highest BCUT2D eigenvalue weighted by Crippen LogP contribution is 2.30. The lowest BCUT2D eigenvalue weighted by Gasteiger charge is -2.14. The number of sulfonamides is 1. The van der Waals surface area contributed by atoms with E-state index in [1.54, 1.807) is 6.07 Å². The molecular formula is C18H19NO8S. The highest BCUT2D eigenvalue weighted by atomic mass is 32.2. The summed E-state index contributed by atoms with van der Waals surface area (Å²) in [5, 5.41) is 0. The summed E-state index contributed by atoms with van der Waals surface area (Å²) in [7, 11) is 0.908. The number of carbonyl (C=O) groups is 2. The third-order valence-electron chi connectivity index (χ3n) is 3.69. The van der Waals surface area contributed by atoms with Crippen molar-refractivity contribution < 1.29 is 37.0 Å². The van der Waals surface area contributed by atoms with E-state index in [4.69, 9.17) is 9.47 Å². The standard InChI is InChI=1S/C18H19NO8S/c1-24-14-5-6-15(25-2)16(10-14)28(22,23)19-13-8-11(17(20)26-3)7-12(9-13)18(21)27-4/h5-10,19H,1-4H3. The fourth-order valence-electron chi connectivity index (χ4n) is 2.36. The number of hydrogen-bond acceptors (Lipinski definition) is 8. The van der Waals surface area contributed by atoms with Gasteiger partial charge in [0.1, 0.15) is 16.4 Å². The second-order valence-electron chi connectivity index (χ2n) is 5.40. The molecule has 28 heavy (non-hydrogen) atoms. The minimum atomic E-state index is -4.15. The van der Waals surface area contributed by atoms with E-state index in [1.807, 2.05) is 0 Å². The van der Waals surface area contributed by atoms with Crippen molar-refractivity contribution in [2.24, 2.45) is 0 Å². The predicted molar refractivity (Wildman–Crippen MR) is 99.5 cm³/mol. The molecule has 0 aromatic heterocycles. The molecule has 0 radical (unpaired) electrons. The van der Waals surface area contributed by atoms with E-state index in [2.05, 4.69) is 14.2 Å². The van der Waals surface area contributed by atoms with Crippen molar-refractivity contribution >= 4 is 27.6 Å². The maximum atomic E-state index is 12.9. The van der Waals surface area contributed by atoms with Gasteiger partial charge in [-0.15, -0.1) is 0 Å². The molecule has 0 aliphatic heterocycles. The first-order valence-corrected chi connectivity index (χ1v) is 9.30. The lowest BCUT2D eigenvalue weighted by Crippen LogP contribution is -2.16. The first kappa shape index (κ1) is 21.0. The SMILES string of the molecule is COC(=O)c1cc(NS(=O)(=O)c2cc(OC)ccc2OC)cc(C(=O)OC)c1. The Kier molecular flexibility index (Phi) is 6.47. The average Bonchev–Trinajstić information content (AvgIpc) is 2.71. The summed E-state index contributed by atoms with van der Waals surface area (Å²) in [6.07, 6.45) is 0. The zero-order valence-electron chi connectivity index (χ0n) is 15.6. The Hall–Kier alpha value is -3.27. The number of anilines is 1. The summed E-state index contributed by atoms with van der Waals surface area (Å²) in [4.78, 5) is 23.5. The fraction of sp³-hybridized carbons (Fsp3) is 0.222. The van der Waals surface area contributed by atoms with E-state index in [-0.39, 0.29) is 27.5 Å². The number of esters is 2. The fourth-order valence-corrected chi connectivity index (χ4v) is 3.59. The van der Waals surface area contributed by atoms with Crippen molar-refractivity contribution in [2.45, 2.75) is 4.90 Å². The van der Waals surface area contributed by atoms with Crippen molar-refractivity contribution in [2.75, 3.05) is 33.2 Å². The molecule has 2 aromatic carbocycles. The summed E-state index contributed by atoms with van der Waals surface area (Å²) in [6.45, 7) is 0. The van der Waals surface area contributed by atoms with Gasteiger partial charge in [0.2, 0.25) is 0 Å². The Morgan fingerprint density at radius 3 is 1.86 bits per heavy atom. The Labute approximate surface area is 162 Å². The quantitative estimate of drug-likeness (QED) is 0.691. The van der Waals surface area contributed by atoms with Gasteiger partial charge in [-0.2, -0.15) is 0 Å². The molecule has 0 spiro atoms. The lowest BCUT2D eigenvalue weighted by molar-refractivity contribution is 0.0599. The molecule has 0 aliphatic carbocycles. The molecule has 0 fully saturated rings. The van der Waals surface area contributed by atoms with Gasteiger partial charge in [0.05, 0.1) is 45.3 Å². The average molecular weight is 409 g/mol. The van der Waals surface area contributed by atoms with Crippen LogP contribution in [0.15, 0.2) is 41.3 Å². The van der Waals surface area contributed by atoms with E-state index in [1.165, 1.54) is 44.6 Å². The van der Waals surface area contributed by atoms with Crippen molar-refractivity contribution in [1.82, 2.24) is 0 Å². The predicted octanol–water partition coefficient (Wildman–Crippen LogP) is 2.08. The van der Waals surface area contributed by atoms with Gasteiger partial charge in [-0.05, 0) is 30.3 Å². The first-order chi connectivity index (χ1) is 13.2. The Morgan fingerprint density at radius 1 is 0.821 bits per heavy atom. The van der Waals surface area contributed by atoms with Crippen LogP contribution in [-0.4, -0.2) is 48.8 Å². The van der Waals surface area contributed by atoms with Crippen LogP contribution < -0.4 is 14.2 Å². The minimum absolute atomic E-state index is 0.0271. The van der Waals surface area contributed by atoms with Crippen molar-refractivity contribution in [3.8, 4) is 11.5 Å². The van der Waals surface area contributed by atoms with Crippen molar-refractivity contribution in [3.63, 3.8) is 0 Å². The molecule has 0 amide bonds. The van der Waals surface area contributed by atoms with Crippen LogP contribution in [-0.2, 0) is 19.5 Å². The number of rotatable bonds is 7. The van der Waals surface area contributed by atoms with Gasteiger partial charge in [0, 0.05) is 6.07 Å². The summed E-state index contributed by atoms with van der Waals surface area (Å²) in [5.74, 6) is -1.10. The van der Waals surface area contributed by atoms with Gasteiger partial charge < -0.3 is 18.9 Å². The van der Waals surface area contributed by atoms with Gasteiger partial charge in [-0.25, -0.2) is 18.0 Å². The summed E-state index contributed by atoms with van der Waals surface area (Å²) in [6, 6.07) is 7.99. The first-order valence-electron chi connectivity index (χ1n) is 7.82. The molecule has 1 N–H and O–H groups in total. The monoisotopic (exact) mass is 409 g/mol. The van der Waals surface area contributed by atoms with Crippen LogP contribution in [0.2, 0.25) is 0 Å². The number of ether oxygens (including phenoxy) is 4. The number of carbonyl (C=O) groups excluding carboxylic acids is 2. The summed E-state index contributed by atoms with van der Waals surface area (Å²) >= 11 is 0. The van der Waals surface area contributed by atoms with Crippen LogP contribution in [0.1, 0.15) is 20.7 Å². The molecule has 0 aliphatic rings. The molecule has 2 aromatic rings. The van der Waals surface area contributed by atoms with E-state index < -0.39 is 22.0 Å². The van der Waals surface area contributed by atoms with E-state index >= 15 is 0 Å². The normalized spacial score (nSPS) is 10.7. The second kappa shape index (κ2) is 8.61. The molecule has 9 nitrogen and oxygen atoms in total. The zero-order chi connectivity index (χ0) is 20.9. The molecular weight excluding hydrogens is 390 g/mol. The molecule has 0 saturated heterocycles. The van der Waals surface area contributed by atoms with Gasteiger partial charge in [0.15, 0.2) is 0 Å². The van der Waals surface area contributed by atoms with Crippen LogP contribution in [0.25, 0.3) is 0 Å². The highest BCUT2D eigenvalue weighted by molar-refractivity contribution is 7.92. The zero-order valence-corrected chi connectivity index (χ0v) is 16.5. The maximum Gasteiger partial charge on any atom is 0.337 e. The summed E-state index contributed by atoms with van der Waals surface area (Å²) in [5.41, 5.74) is -0.0883. The molecule has 0 unspecified atom stereocenters. The van der Waals surface area contributed by atoms with Gasteiger partial charge in [-0.3, -0.25) is 4.72 Å². The topological polar surface area (TPSA) is 117 Å². The third-order valence-corrected chi connectivity index (χ3v) is 5.09. The molecule has 10 heteroatoms. The molecule has 0 atom stereocenters. The Morgan fingerprint density at radius 2 is 1.39 bits per heavy atom. The number of hydrogen-bond donors (Lipinski definition) is 1. The van der Waals surface area contributed by atoms with Crippen LogP contribution in [0.4, 0.5) is 5.69 Å². The van der Waals surface area contributed by atoms with Crippen LogP contribution in [0, 0.1) is 0 Å². The maximum absolute atomic E-state index is 12.9. The second-order valence-corrected chi connectivity index (χ2v) is 7.06. The largest absolute Gasteiger partial charge is 0.497 e. The molecule has 0 saturated carbocycles. The molecule has 2 rings (SSSR count). The molecule has 0 bridgehead atoms. The third kappa shape index (κ3) is 4.52. The minimum Gasteiger partial charge on any atom is -0.497 e. The van der Waals surface area contributed by atoms with Crippen LogP contribution in [0.3, 0.4) is 0 Å². The van der Waals surface area contributed by atoms with Gasteiger partial charge in [0.25, 0.3) is 10.0 Å². The Bertz CT molecular complexity index is 966.